The van der Waals surface area contributed by atoms with Crippen LogP contribution in [0.15, 0.2) is 0 Å². The van der Waals surface area contributed by atoms with E-state index in [0.717, 1.165) is 25.7 Å². The highest BCUT2D eigenvalue weighted by atomic mass is 16.6. The van der Waals surface area contributed by atoms with Crippen LogP contribution in [0.1, 0.15) is 127 Å². The maximum Gasteiger partial charge on any atom is 0.410 e. The van der Waals surface area contributed by atoms with Gasteiger partial charge >= 0.3 is 18.3 Å². The molecule has 0 aromatic heterocycles. The van der Waals surface area contributed by atoms with Crippen molar-refractivity contribution in [1.29, 1.82) is 0 Å². The van der Waals surface area contributed by atoms with E-state index in [0.29, 0.717) is 71.4 Å². The van der Waals surface area contributed by atoms with Crippen LogP contribution < -0.4 is 10.6 Å². The van der Waals surface area contributed by atoms with E-state index >= 15 is 0 Å². The highest BCUT2D eigenvalue weighted by molar-refractivity contribution is 5.75. The number of nitrogens with one attached hydrogen (secondary N) is 2. The zero-order valence-corrected chi connectivity index (χ0v) is 28.9. The van der Waals surface area contributed by atoms with Crippen LogP contribution in [0.2, 0.25) is 0 Å². The first-order valence-corrected chi connectivity index (χ1v) is 16.0. The molecule has 43 heavy (non-hydrogen) atoms. The summed E-state index contributed by atoms with van der Waals surface area (Å²) in [5.41, 5.74) is -1.84. The van der Waals surface area contributed by atoms with Crippen LogP contribution in [0.4, 0.5) is 14.4 Å². The zero-order chi connectivity index (χ0) is 33.1. The van der Waals surface area contributed by atoms with Crippen LogP contribution in [0.25, 0.3) is 0 Å². The van der Waals surface area contributed by atoms with Crippen molar-refractivity contribution in [3.05, 3.63) is 0 Å². The van der Waals surface area contributed by atoms with E-state index in [1.54, 1.807) is 30.6 Å². The van der Waals surface area contributed by atoms with Crippen molar-refractivity contribution in [1.82, 2.24) is 20.4 Å². The van der Waals surface area contributed by atoms with E-state index in [4.69, 9.17) is 14.2 Å². The molecular formula is C32H62N4O7. The van der Waals surface area contributed by atoms with Gasteiger partial charge in [-0.1, -0.05) is 26.2 Å². The first-order valence-electron chi connectivity index (χ1n) is 16.0. The van der Waals surface area contributed by atoms with Gasteiger partial charge in [0.2, 0.25) is 5.91 Å². The average molecular weight is 615 g/mol. The fraction of sp³-hybridized carbons (Fsp3) is 0.875. The highest BCUT2D eigenvalue weighted by Gasteiger charge is 2.24. The van der Waals surface area contributed by atoms with E-state index < -0.39 is 35.1 Å². The molecule has 0 radical (unpaired) electrons. The predicted octanol–water partition coefficient (Wildman–Crippen LogP) is 6.63. The molecule has 0 rings (SSSR count). The standard InChI is InChI=1S/C32H62N4O7/c1-11-12-13-14-19-26(37)33-20-17-24-35(28(39)42-31(5,6)7)22-15-16-23-36(29(40)43-32(8,9)10)25-18-21-34-27(38)41-30(2,3)4/h11-25H2,1-10H3,(H,33,37)(H,34,38). The molecule has 0 saturated heterocycles. The van der Waals surface area contributed by atoms with Crippen LogP contribution in [-0.2, 0) is 19.0 Å². The smallest absolute Gasteiger partial charge is 0.410 e. The minimum Gasteiger partial charge on any atom is -0.444 e. The Bertz CT molecular complexity index is 829. The highest BCUT2D eigenvalue weighted by Crippen LogP contribution is 2.14. The Morgan fingerprint density at radius 1 is 0.535 bits per heavy atom. The number of amides is 4. The number of ether oxygens (including phenoxy) is 3. The number of nitrogens with zero attached hydrogens (tertiary/aromatic N) is 2. The third-order valence-corrected chi connectivity index (χ3v) is 5.87. The molecule has 0 unspecified atom stereocenters. The second-order valence-electron chi connectivity index (χ2n) is 13.9. The average Bonchev–Trinajstić information content (AvgIpc) is 2.83. The van der Waals surface area contributed by atoms with Crippen LogP contribution in [0.5, 0.6) is 0 Å². The molecule has 0 fully saturated rings. The first kappa shape index (κ1) is 40.3. The summed E-state index contributed by atoms with van der Waals surface area (Å²) < 4.78 is 16.5. The summed E-state index contributed by atoms with van der Waals surface area (Å²) >= 11 is 0. The SMILES string of the molecule is CCCCCCC(=O)NCCCN(CCCCN(CCCNC(=O)OC(C)(C)C)C(=O)OC(C)(C)C)C(=O)OC(C)(C)C. The maximum absolute atomic E-state index is 12.9. The van der Waals surface area contributed by atoms with Crippen molar-refractivity contribution in [2.45, 2.75) is 144 Å². The Hall–Kier alpha value is -2.72. The van der Waals surface area contributed by atoms with Crippen LogP contribution in [0.3, 0.4) is 0 Å². The normalized spacial score (nSPS) is 11.9. The number of hydrogen-bond acceptors (Lipinski definition) is 7. The number of hydrogen-bond donors (Lipinski definition) is 2. The molecule has 0 aliphatic heterocycles. The molecule has 0 aliphatic carbocycles. The van der Waals surface area contributed by atoms with Crippen molar-refractivity contribution >= 4 is 24.2 Å². The van der Waals surface area contributed by atoms with Gasteiger partial charge < -0.3 is 34.6 Å². The van der Waals surface area contributed by atoms with Gasteiger partial charge in [-0.15, -0.1) is 0 Å². The largest absolute Gasteiger partial charge is 0.444 e. The van der Waals surface area contributed by atoms with Crippen molar-refractivity contribution in [2.75, 3.05) is 39.3 Å². The Balaban J connectivity index is 4.93. The lowest BCUT2D eigenvalue weighted by Gasteiger charge is -2.29. The Morgan fingerprint density at radius 3 is 1.37 bits per heavy atom. The monoisotopic (exact) mass is 614 g/mol. The van der Waals surface area contributed by atoms with Gasteiger partial charge in [0.1, 0.15) is 16.8 Å². The second kappa shape index (κ2) is 20.3. The number of carbonyl (C=O) groups excluding carboxylic acids is 4. The third-order valence-electron chi connectivity index (χ3n) is 5.87. The lowest BCUT2D eigenvalue weighted by Crippen LogP contribution is -2.40. The second-order valence-corrected chi connectivity index (χ2v) is 13.9. The summed E-state index contributed by atoms with van der Waals surface area (Å²) in [5.74, 6) is 0.0449. The van der Waals surface area contributed by atoms with Gasteiger partial charge in [0.25, 0.3) is 0 Å². The van der Waals surface area contributed by atoms with Gasteiger partial charge in [-0.2, -0.15) is 0 Å². The van der Waals surface area contributed by atoms with Gasteiger partial charge in [-0.25, -0.2) is 14.4 Å². The quantitative estimate of drug-likeness (QED) is 0.131. The van der Waals surface area contributed by atoms with Gasteiger partial charge in [0.15, 0.2) is 0 Å². The van der Waals surface area contributed by atoms with Gasteiger partial charge in [-0.05, 0) is 94.4 Å². The molecule has 0 saturated carbocycles. The Morgan fingerprint density at radius 2 is 0.953 bits per heavy atom. The van der Waals surface area contributed by atoms with Crippen molar-refractivity contribution in [3.63, 3.8) is 0 Å². The number of unbranched alkanes of at least 4 members (excludes halogenated alkanes) is 4. The molecule has 0 atom stereocenters. The molecule has 0 aliphatic rings. The Kier molecular flexibility index (Phi) is 19.0. The molecule has 0 heterocycles. The molecule has 0 aromatic carbocycles. The van der Waals surface area contributed by atoms with Crippen LogP contribution in [0, 0.1) is 0 Å². The van der Waals surface area contributed by atoms with Gasteiger partial charge in [0, 0.05) is 45.7 Å². The molecule has 11 nitrogen and oxygen atoms in total. The van der Waals surface area contributed by atoms with E-state index in [-0.39, 0.29) is 5.91 Å². The summed E-state index contributed by atoms with van der Waals surface area (Å²) in [6.45, 7) is 21.1. The van der Waals surface area contributed by atoms with E-state index in [2.05, 4.69) is 17.6 Å². The van der Waals surface area contributed by atoms with Gasteiger partial charge in [-0.3, -0.25) is 4.79 Å². The molecule has 4 amide bonds. The fourth-order valence-electron chi connectivity index (χ4n) is 3.92. The molecule has 0 bridgehead atoms. The van der Waals surface area contributed by atoms with E-state index in [1.165, 1.54) is 0 Å². The summed E-state index contributed by atoms with van der Waals surface area (Å²) in [6.07, 6.45) is 5.90. The molecular weight excluding hydrogens is 552 g/mol. The minimum absolute atomic E-state index is 0.0449. The minimum atomic E-state index is -0.636. The summed E-state index contributed by atoms with van der Waals surface area (Å²) in [5, 5.41) is 5.66. The Labute approximate surface area is 261 Å². The molecule has 252 valence electrons. The molecule has 0 aromatic rings. The number of carbonyl (C=O) groups is 4. The molecule has 0 spiro atoms. The number of alkyl carbamates (subject to hydrolysis) is 1. The van der Waals surface area contributed by atoms with Crippen LogP contribution in [-0.4, -0.2) is 90.1 Å². The topological polar surface area (TPSA) is 127 Å². The molecule has 2 N–H and O–H groups in total. The third kappa shape index (κ3) is 24.4. The van der Waals surface area contributed by atoms with E-state index in [1.807, 2.05) is 41.5 Å². The van der Waals surface area contributed by atoms with Crippen molar-refractivity contribution in [2.24, 2.45) is 0 Å². The first-order chi connectivity index (χ1) is 19.8. The van der Waals surface area contributed by atoms with Crippen molar-refractivity contribution < 1.29 is 33.4 Å². The van der Waals surface area contributed by atoms with Crippen molar-refractivity contribution in [3.8, 4) is 0 Å². The summed E-state index contributed by atoms with van der Waals surface area (Å²) in [4.78, 5) is 53.1. The summed E-state index contributed by atoms with van der Waals surface area (Å²) in [7, 11) is 0. The van der Waals surface area contributed by atoms with Crippen LogP contribution >= 0.6 is 0 Å². The lowest BCUT2D eigenvalue weighted by atomic mass is 10.1. The predicted molar refractivity (Wildman–Crippen MR) is 170 cm³/mol. The van der Waals surface area contributed by atoms with E-state index in [9.17, 15) is 19.2 Å². The fourth-order valence-corrected chi connectivity index (χ4v) is 3.92. The number of rotatable bonds is 18. The lowest BCUT2D eigenvalue weighted by molar-refractivity contribution is -0.121. The van der Waals surface area contributed by atoms with Gasteiger partial charge in [0.05, 0.1) is 0 Å². The zero-order valence-electron chi connectivity index (χ0n) is 28.9. The summed E-state index contributed by atoms with van der Waals surface area (Å²) in [6, 6.07) is 0. The molecule has 11 heteroatoms. The maximum atomic E-state index is 12.9.